The molecule has 1 saturated heterocycles. The molecular weight excluding hydrogens is 404 g/mol. The third kappa shape index (κ3) is 3.48. The van der Waals surface area contributed by atoms with E-state index in [0.717, 1.165) is 28.6 Å². The van der Waals surface area contributed by atoms with Gasteiger partial charge in [-0.25, -0.2) is 9.69 Å². The highest BCUT2D eigenvalue weighted by Crippen LogP contribution is 2.44. The molecule has 1 aromatic heterocycles. The van der Waals surface area contributed by atoms with Gasteiger partial charge in [0.25, 0.3) is 5.91 Å². The Balaban J connectivity index is 1.70. The van der Waals surface area contributed by atoms with Gasteiger partial charge in [0.2, 0.25) is 5.91 Å². The van der Waals surface area contributed by atoms with Crippen LogP contribution in [-0.2, 0) is 21.5 Å². The monoisotopic (exact) mass is 438 g/mol. The van der Waals surface area contributed by atoms with Crippen LogP contribution in [0.4, 0.5) is 4.79 Å². The summed E-state index contributed by atoms with van der Waals surface area (Å²) in [5.74, 6) is 0.0498. The van der Waals surface area contributed by atoms with E-state index in [0.29, 0.717) is 31.8 Å². The first kappa shape index (κ1) is 22.4. The van der Waals surface area contributed by atoms with Crippen LogP contribution < -0.4 is 5.32 Å². The first-order valence-electron chi connectivity index (χ1n) is 11.7. The van der Waals surface area contributed by atoms with Gasteiger partial charge in [0.1, 0.15) is 6.04 Å². The molecule has 3 heterocycles. The van der Waals surface area contributed by atoms with Crippen molar-refractivity contribution in [2.24, 2.45) is 11.8 Å². The highest BCUT2D eigenvalue weighted by Gasteiger charge is 2.60. The minimum atomic E-state index is -1.13. The minimum absolute atomic E-state index is 0.158. The second-order valence-corrected chi connectivity index (χ2v) is 10.1. The largest absolute Gasteiger partial charge is 0.356 e. The van der Waals surface area contributed by atoms with Gasteiger partial charge in [-0.15, -0.1) is 0 Å². The zero-order chi connectivity index (χ0) is 23.2. The summed E-state index contributed by atoms with van der Waals surface area (Å²) < 4.78 is 0. The first-order valence-corrected chi connectivity index (χ1v) is 11.7. The van der Waals surface area contributed by atoms with E-state index in [4.69, 9.17) is 0 Å². The minimum Gasteiger partial charge on any atom is -0.356 e. The van der Waals surface area contributed by atoms with Gasteiger partial charge in [-0.2, -0.15) is 0 Å². The van der Waals surface area contributed by atoms with Gasteiger partial charge in [0.05, 0.1) is 5.69 Å². The summed E-state index contributed by atoms with van der Waals surface area (Å²) in [7, 11) is 0. The Morgan fingerprint density at radius 3 is 2.56 bits per heavy atom. The molecular formula is C25H34N4O3. The van der Waals surface area contributed by atoms with Gasteiger partial charge in [-0.3, -0.25) is 9.59 Å². The molecule has 2 aliphatic heterocycles. The van der Waals surface area contributed by atoms with E-state index in [2.05, 4.69) is 24.1 Å². The molecule has 0 saturated carbocycles. The topological polar surface area (TPSA) is 85.5 Å². The molecule has 0 aliphatic carbocycles. The Kier molecular flexibility index (Phi) is 5.77. The van der Waals surface area contributed by atoms with Crippen LogP contribution in [0.3, 0.4) is 0 Å². The summed E-state index contributed by atoms with van der Waals surface area (Å²) in [6, 6.07) is 6.80. The van der Waals surface area contributed by atoms with Crippen LogP contribution in [0, 0.1) is 11.8 Å². The third-order valence-electron chi connectivity index (χ3n) is 6.83. The van der Waals surface area contributed by atoms with E-state index in [1.54, 1.807) is 4.90 Å². The van der Waals surface area contributed by atoms with Gasteiger partial charge >= 0.3 is 6.03 Å². The van der Waals surface area contributed by atoms with Crippen LogP contribution in [-0.4, -0.2) is 51.8 Å². The number of aromatic amines is 1. The zero-order valence-corrected chi connectivity index (χ0v) is 19.7. The quantitative estimate of drug-likeness (QED) is 0.645. The van der Waals surface area contributed by atoms with E-state index >= 15 is 0 Å². The summed E-state index contributed by atoms with van der Waals surface area (Å²) in [5.41, 5.74) is 1.69. The molecule has 0 unspecified atom stereocenters. The summed E-state index contributed by atoms with van der Waals surface area (Å²) in [4.78, 5) is 46.8. The number of carbonyl (C=O) groups excluding carboxylic acids is 3. The number of hydrogen-bond donors (Lipinski definition) is 2. The lowest BCUT2D eigenvalue weighted by Crippen LogP contribution is -2.51. The Hall–Kier alpha value is -2.83. The van der Waals surface area contributed by atoms with Crippen LogP contribution in [0.25, 0.3) is 10.9 Å². The van der Waals surface area contributed by atoms with Crippen molar-refractivity contribution in [1.82, 2.24) is 20.1 Å². The van der Waals surface area contributed by atoms with Crippen molar-refractivity contribution in [3.63, 3.8) is 0 Å². The van der Waals surface area contributed by atoms with Crippen molar-refractivity contribution in [2.75, 3.05) is 13.1 Å². The smallest absolute Gasteiger partial charge is 0.328 e. The second kappa shape index (κ2) is 8.26. The summed E-state index contributed by atoms with van der Waals surface area (Å²) in [6.07, 6.45) is 1.97. The summed E-state index contributed by atoms with van der Waals surface area (Å²) in [6.45, 7) is 11.0. The molecule has 0 radical (unpaired) electrons. The zero-order valence-electron chi connectivity index (χ0n) is 19.7. The highest BCUT2D eigenvalue weighted by atomic mass is 16.2. The molecule has 1 aromatic carbocycles. The van der Waals surface area contributed by atoms with Crippen molar-refractivity contribution in [1.29, 1.82) is 0 Å². The normalized spacial score (nSPS) is 21.5. The molecule has 7 heteroatoms. The molecule has 4 rings (SSSR count). The maximum absolute atomic E-state index is 13.9. The van der Waals surface area contributed by atoms with Crippen molar-refractivity contribution >= 4 is 28.7 Å². The number of rotatable bonds is 7. The molecule has 2 atom stereocenters. The maximum Gasteiger partial charge on any atom is 0.328 e. The molecule has 0 spiro atoms. The maximum atomic E-state index is 13.9. The van der Waals surface area contributed by atoms with Crippen LogP contribution in [0.1, 0.15) is 58.7 Å². The van der Waals surface area contributed by atoms with Gasteiger partial charge < -0.3 is 15.2 Å². The molecule has 2 N–H and O–H groups in total. The van der Waals surface area contributed by atoms with Gasteiger partial charge in [0, 0.05) is 24.0 Å². The van der Waals surface area contributed by atoms with Crippen LogP contribution >= 0.6 is 0 Å². The Labute approximate surface area is 189 Å². The van der Waals surface area contributed by atoms with E-state index in [-0.39, 0.29) is 23.8 Å². The van der Waals surface area contributed by atoms with Gasteiger partial charge in [-0.1, -0.05) is 45.9 Å². The molecule has 4 amide bonds. The molecule has 1 fully saturated rings. The number of amides is 4. The van der Waals surface area contributed by atoms with Gasteiger partial charge in [-0.05, 0) is 49.7 Å². The molecule has 172 valence electrons. The Bertz CT molecular complexity index is 1060. The fourth-order valence-electron chi connectivity index (χ4n) is 5.07. The summed E-state index contributed by atoms with van der Waals surface area (Å²) >= 11 is 0. The predicted molar refractivity (Wildman–Crippen MR) is 124 cm³/mol. The molecule has 7 nitrogen and oxygen atoms in total. The number of urea groups is 1. The number of benzene rings is 1. The molecule has 32 heavy (non-hydrogen) atoms. The number of aromatic nitrogens is 1. The lowest BCUT2D eigenvalue weighted by Gasteiger charge is -2.36. The highest BCUT2D eigenvalue weighted by molar-refractivity contribution is 6.11. The van der Waals surface area contributed by atoms with Crippen molar-refractivity contribution in [3.05, 3.63) is 35.5 Å². The fraction of sp³-hybridized carbons (Fsp3) is 0.560. The number of fused-ring (bicyclic) bond motifs is 5. The first-order chi connectivity index (χ1) is 15.2. The number of para-hydroxylation sites is 1. The summed E-state index contributed by atoms with van der Waals surface area (Å²) in [5, 5.41) is 4.05. The SMILES string of the molecule is CC(C)CCNC(=O)[C@H](CC(C)C)N1C(=O)N2CCc3c([nH]c4ccccc34)[C@@]2(C)C1=O. The Morgan fingerprint density at radius 2 is 1.88 bits per heavy atom. The van der Waals surface area contributed by atoms with Crippen molar-refractivity contribution in [2.45, 2.75) is 65.5 Å². The van der Waals surface area contributed by atoms with Gasteiger partial charge in [0.15, 0.2) is 5.54 Å². The number of H-pyrrole nitrogens is 1. The Morgan fingerprint density at radius 1 is 1.16 bits per heavy atom. The number of imide groups is 1. The molecule has 2 aromatic rings. The average Bonchev–Trinajstić information content (AvgIpc) is 3.20. The number of nitrogens with one attached hydrogen (secondary N) is 2. The van der Waals surface area contributed by atoms with E-state index in [9.17, 15) is 14.4 Å². The van der Waals surface area contributed by atoms with E-state index < -0.39 is 11.6 Å². The van der Waals surface area contributed by atoms with E-state index in [1.165, 1.54) is 4.90 Å². The van der Waals surface area contributed by atoms with E-state index in [1.807, 2.05) is 45.0 Å². The standard InChI is InChI=1S/C25H34N4O3/c1-15(2)10-12-26-22(30)20(14-16(3)4)29-23(31)25(5)21-18(11-13-28(25)24(29)32)17-8-6-7-9-19(17)27-21/h6-9,15-16,20,27H,10-14H2,1-5H3,(H,26,30)/t20-,25-/m0/s1. The number of nitrogens with zero attached hydrogens (tertiary/aromatic N) is 2. The number of carbonyl (C=O) groups is 3. The number of hydrogen-bond acceptors (Lipinski definition) is 3. The van der Waals surface area contributed by atoms with Crippen molar-refractivity contribution < 1.29 is 14.4 Å². The van der Waals surface area contributed by atoms with Crippen LogP contribution in [0.2, 0.25) is 0 Å². The van der Waals surface area contributed by atoms with Crippen LogP contribution in [0.15, 0.2) is 24.3 Å². The molecule has 0 bridgehead atoms. The second-order valence-electron chi connectivity index (χ2n) is 10.1. The fourth-order valence-corrected chi connectivity index (χ4v) is 5.07. The lowest BCUT2D eigenvalue weighted by molar-refractivity contribution is -0.140. The van der Waals surface area contributed by atoms with Crippen LogP contribution in [0.5, 0.6) is 0 Å². The average molecular weight is 439 g/mol. The molecule has 2 aliphatic rings. The van der Waals surface area contributed by atoms with Crippen molar-refractivity contribution in [3.8, 4) is 0 Å². The lowest BCUT2D eigenvalue weighted by atomic mass is 9.87. The third-order valence-corrected chi connectivity index (χ3v) is 6.83. The predicted octanol–water partition coefficient (Wildman–Crippen LogP) is 3.78.